The molecule has 1 aliphatic rings. The van der Waals surface area contributed by atoms with Gasteiger partial charge in [0.15, 0.2) is 0 Å². The van der Waals surface area contributed by atoms with Crippen LogP contribution in [0.2, 0.25) is 0 Å². The third-order valence-corrected chi connectivity index (χ3v) is 4.57. The van der Waals surface area contributed by atoms with Crippen molar-refractivity contribution >= 4 is 0 Å². The predicted octanol–water partition coefficient (Wildman–Crippen LogP) is 6.51. The van der Waals surface area contributed by atoms with Crippen molar-refractivity contribution in [2.75, 3.05) is 19.8 Å². The fourth-order valence-electron chi connectivity index (χ4n) is 3.03. The van der Waals surface area contributed by atoms with Crippen molar-refractivity contribution in [1.29, 1.82) is 0 Å². The highest BCUT2D eigenvalue weighted by Gasteiger charge is 2.44. The fraction of sp³-hybridized carbons (Fsp3) is 0.826. The molecule has 0 aliphatic carbocycles. The second-order valence-corrected chi connectivity index (χ2v) is 7.14. The summed E-state index contributed by atoms with van der Waals surface area (Å²) in [4.78, 5) is 0. The van der Waals surface area contributed by atoms with E-state index in [0.29, 0.717) is 19.8 Å². The molecule has 0 spiro atoms. The molecule has 1 unspecified atom stereocenters. The van der Waals surface area contributed by atoms with Crippen molar-refractivity contribution in [2.45, 2.75) is 104 Å². The molecule has 0 aromatic heterocycles. The molecule has 1 atom stereocenters. The predicted molar refractivity (Wildman–Crippen MR) is 112 cm³/mol. The van der Waals surface area contributed by atoms with Gasteiger partial charge in [0.1, 0.15) is 0 Å². The minimum Gasteiger partial charge on any atom is -0.303 e. The normalized spacial score (nSPS) is 23.1. The smallest absolute Gasteiger partial charge is 0.303 e. The maximum absolute atomic E-state index is 6.08. The summed E-state index contributed by atoms with van der Waals surface area (Å²) in [6, 6.07) is 0. The lowest BCUT2D eigenvalue weighted by molar-refractivity contribution is -0.466. The quantitative estimate of drug-likeness (QED) is 0.163. The van der Waals surface area contributed by atoms with Gasteiger partial charge >= 0.3 is 6.16 Å². The zero-order valence-corrected chi connectivity index (χ0v) is 17.9. The van der Waals surface area contributed by atoms with Gasteiger partial charge in [-0.3, -0.25) is 4.74 Å². The van der Waals surface area contributed by atoms with E-state index in [9.17, 15) is 0 Å². The van der Waals surface area contributed by atoms with Gasteiger partial charge in [-0.05, 0) is 32.1 Å². The van der Waals surface area contributed by atoms with Crippen molar-refractivity contribution in [3.63, 3.8) is 0 Å². The van der Waals surface area contributed by atoms with Crippen LogP contribution in [0.5, 0.6) is 0 Å². The number of ether oxygens (including phenoxy) is 4. The van der Waals surface area contributed by atoms with Gasteiger partial charge in [0, 0.05) is 0 Å². The standard InChI is InChI=1S/C23H42O4/c1-4-7-10-13-14-15-18-22-21-26-23(27-22,24-19-16-11-8-5-2)25-20-17-12-9-6-3/h8-9,11-12,22H,4-7,10,13-21H2,1-3H3. The van der Waals surface area contributed by atoms with Gasteiger partial charge in [-0.25, -0.2) is 0 Å². The molecule has 0 aromatic carbocycles. The van der Waals surface area contributed by atoms with Crippen molar-refractivity contribution in [3.8, 4) is 0 Å². The highest BCUT2D eigenvalue weighted by atomic mass is 17.0. The third kappa shape index (κ3) is 11.7. The summed E-state index contributed by atoms with van der Waals surface area (Å²) in [5.41, 5.74) is 0. The molecule has 0 radical (unpaired) electrons. The lowest BCUT2D eigenvalue weighted by Crippen LogP contribution is -2.38. The van der Waals surface area contributed by atoms with Gasteiger partial charge in [-0.2, -0.15) is 0 Å². The topological polar surface area (TPSA) is 36.9 Å². The van der Waals surface area contributed by atoms with Crippen LogP contribution >= 0.6 is 0 Å². The minimum atomic E-state index is -1.31. The van der Waals surface area contributed by atoms with E-state index < -0.39 is 6.16 Å². The summed E-state index contributed by atoms with van der Waals surface area (Å²) in [5.74, 6) is 0. The van der Waals surface area contributed by atoms with Crippen molar-refractivity contribution in [3.05, 3.63) is 24.3 Å². The van der Waals surface area contributed by atoms with Crippen molar-refractivity contribution < 1.29 is 18.9 Å². The number of hydrogen-bond acceptors (Lipinski definition) is 4. The maximum atomic E-state index is 6.08. The molecule has 0 amide bonds. The van der Waals surface area contributed by atoms with Gasteiger partial charge < -0.3 is 14.2 Å². The average molecular weight is 383 g/mol. The van der Waals surface area contributed by atoms with Crippen LogP contribution in [0.15, 0.2) is 24.3 Å². The molecule has 4 heteroatoms. The van der Waals surface area contributed by atoms with Crippen LogP contribution in [-0.2, 0) is 18.9 Å². The van der Waals surface area contributed by atoms with E-state index in [1.807, 2.05) is 0 Å². The Kier molecular flexibility index (Phi) is 14.7. The van der Waals surface area contributed by atoms with Gasteiger partial charge in [0.05, 0.1) is 25.9 Å². The lowest BCUT2D eigenvalue weighted by Gasteiger charge is -2.26. The van der Waals surface area contributed by atoms with Crippen LogP contribution in [0.3, 0.4) is 0 Å². The highest BCUT2D eigenvalue weighted by Crippen LogP contribution is 2.29. The molecule has 0 aromatic rings. The van der Waals surface area contributed by atoms with Crippen LogP contribution < -0.4 is 0 Å². The maximum Gasteiger partial charge on any atom is 0.413 e. The zero-order valence-electron chi connectivity index (χ0n) is 17.9. The van der Waals surface area contributed by atoms with Gasteiger partial charge in [0.25, 0.3) is 0 Å². The van der Waals surface area contributed by atoms with E-state index in [2.05, 4.69) is 45.1 Å². The first kappa shape index (κ1) is 24.4. The van der Waals surface area contributed by atoms with Crippen molar-refractivity contribution in [1.82, 2.24) is 0 Å². The average Bonchev–Trinajstić information content (AvgIpc) is 3.08. The first-order chi connectivity index (χ1) is 13.3. The second kappa shape index (κ2) is 16.3. The Morgan fingerprint density at radius 1 is 0.815 bits per heavy atom. The van der Waals surface area contributed by atoms with Crippen LogP contribution in [0.4, 0.5) is 0 Å². The molecule has 4 nitrogen and oxygen atoms in total. The Hall–Kier alpha value is -0.680. The lowest BCUT2D eigenvalue weighted by atomic mass is 10.1. The van der Waals surface area contributed by atoms with E-state index in [1.54, 1.807) is 0 Å². The number of allylic oxidation sites excluding steroid dienone is 2. The summed E-state index contributed by atoms with van der Waals surface area (Å²) in [7, 11) is 0. The summed E-state index contributed by atoms with van der Waals surface area (Å²) in [6.45, 7) is 8.11. The molecule has 0 N–H and O–H groups in total. The SMILES string of the molecule is CCC=CCCOC1(OCCC=CCC)OCC(CCCCCCCC)O1. The zero-order chi connectivity index (χ0) is 19.6. The molecule has 1 aliphatic heterocycles. The summed E-state index contributed by atoms with van der Waals surface area (Å²) < 4.78 is 23.7. The van der Waals surface area contributed by atoms with E-state index in [1.165, 1.54) is 38.5 Å². The van der Waals surface area contributed by atoms with Crippen molar-refractivity contribution in [2.24, 2.45) is 0 Å². The monoisotopic (exact) mass is 382 g/mol. The van der Waals surface area contributed by atoms with E-state index in [0.717, 1.165) is 32.1 Å². The Bertz CT molecular complexity index is 372. The Labute approximate surface area is 167 Å². The van der Waals surface area contributed by atoms with E-state index in [4.69, 9.17) is 18.9 Å². The van der Waals surface area contributed by atoms with E-state index >= 15 is 0 Å². The molecule has 1 rings (SSSR count). The third-order valence-electron chi connectivity index (χ3n) is 4.57. The van der Waals surface area contributed by atoms with Crippen LogP contribution in [0.25, 0.3) is 0 Å². The Balaban J connectivity index is 2.37. The fourth-order valence-corrected chi connectivity index (χ4v) is 3.03. The van der Waals surface area contributed by atoms with Crippen LogP contribution in [0.1, 0.15) is 91.4 Å². The summed E-state index contributed by atoms with van der Waals surface area (Å²) in [6.07, 6.45) is 19.8. The summed E-state index contributed by atoms with van der Waals surface area (Å²) in [5, 5.41) is 0. The Morgan fingerprint density at radius 3 is 2.00 bits per heavy atom. The largest absolute Gasteiger partial charge is 0.413 e. The molecule has 158 valence electrons. The molecule has 1 fully saturated rings. The Morgan fingerprint density at radius 2 is 1.41 bits per heavy atom. The van der Waals surface area contributed by atoms with Gasteiger partial charge in [-0.15, -0.1) is 0 Å². The number of unbranched alkanes of at least 4 members (excludes halogenated alkanes) is 5. The minimum absolute atomic E-state index is 0.0635. The summed E-state index contributed by atoms with van der Waals surface area (Å²) >= 11 is 0. The molecular formula is C23H42O4. The first-order valence-electron chi connectivity index (χ1n) is 11.2. The number of rotatable bonds is 17. The molecular weight excluding hydrogens is 340 g/mol. The van der Waals surface area contributed by atoms with Gasteiger partial charge in [0.2, 0.25) is 0 Å². The van der Waals surface area contributed by atoms with Gasteiger partial charge in [-0.1, -0.05) is 83.6 Å². The second-order valence-electron chi connectivity index (χ2n) is 7.14. The molecule has 1 heterocycles. The molecule has 1 saturated heterocycles. The number of hydrogen-bond donors (Lipinski definition) is 0. The first-order valence-corrected chi connectivity index (χ1v) is 11.2. The molecule has 0 bridgehead atoms. The highest BCUT2D eigenvalue weighted by molar-refractivity contribution is 4.81. The molecule has 27 heavy (non-hydrogen) atoms. The van der Waals surface area contributed by atoms with Crippen LogP contribution in [0, 0.1) is 0 Å². The molecule has 0 saturated carbocycles. The van der Waals surface area contributed by atoms with E-state index in [-0.39, 0.29) is 6.10 Å². The van der Waals surface area contributed by atoms with Crippen LogP contribution in [-0.4, -0.2) is 32.1 Å².